The average Bonchev–Trinajstić information content (AvgIpc) is 2.79. The first-order chi connectivity index (χ1) is 15.0. The van der Waals surface area contributed by atoms with Crippen LogP contribution in [0.3, 0.4) is 0 Å². The Kier molecular flexibility index (Phi) is 6.39. The molecule has 2 nitrogen and oxygen atoms in total. The summed E-state index contributed by atoms with van der Waals surface area (Å²) < 4.78 is 68.3. The normalized spacial score (nSPS) is 18.9. The second-order valence-corrected chi connectivity index (χ2v) is 7.66. The van der Waals surface area contributed by atoms with Crippen molar-refractivity contribution in [1.82, 2.24) is 0 Å². The Morgan fingerprint density at radius 1 is 0.742 bits per heavy atom. The minimum absolute atomic E-state index is 0.0228. The topological polar surface area (TPSA) is 18.5 Å². The highest BCUT2D eigenvalue weighted by atomic mass is 19.2. The Labute approximate surface area is 178 Å². The predicted octanol–water partition coefficient (Wildman–Crippen LogP) is 7.04. The number of hydrogen-bond donors (Lipinski definition) is 0. The fourth-order valence-electron chi connectivity index (χ4n) is 3.82. The second kappa shape index (κ2) is 9.20. The molecule has 162 valence electrons. The highest BCUT2D eigenvalue weighted by Crippen LogP contribution is 2.34. The quantitative estimate of drug-likeness (QED) is 0.404. The lowest BCUT2D eigenvalue weighted by atomic mass is 9.98. The molecule has 0 atom stereocenters. The number of halogens is 4. The molecule has 1 fully saturated rings. The smallest absolute Gasteiger partial charge is 0.186 e. The van der Waals surface area contributed by atoms with Crippen molar-refractivity contribution in [3.05, 3.63) is 83.4 Å². The second-order valence-electron chi connectivity index (χ2n) is 7.66. The van der Waals surface area contributed by atoms with Gasteiger partial charge in [0.25, 0.3) is 0 Å². The molecule has 3 aromatic carbocycles. The zero-order valence-corrected chi connectivity index (χ0v) is 17.0. The van der Waals surface area contributed by atoms with Crippen LogP contribution in [0.2, 0.25) is 0 Å². The maximum absolute atomic E-state index is 14.8. The Morgan fingerprint density at radius 2 is 1.35 bits per heavy atom. The summed E-state index contributed by atoms with van der Waals surface area (Å²) in [6, 6.07) is 13.0. The van der Waals surface area contributed by atoms with Gasteiger partial charge in [-0.25, -0.2) is 17.6 Å². The molecule has 0 saturated carbocycles. The van der Waals surface area contributed by atoms with E-state index in [-0.39, 0.29) is 22.6 Å². The van der Waals surface area contributed by atoms with Gasteiger partial charge in [-0.3, -0.25) is 0 Å². The molecule has 1 aliphatic heterocycles. The average molecular weight is 430 g/mol. The van der Waals surface area contributed by atoms with Gasteiger partial charge in [0.1, 0.15) is 0 Å². The van der Waals surface area contributed by atoms with Crippen LogP contribution < -0.4 is 0 Å². The Morgan fingerprint density at radius 3 is 1.97 bits per heavy atom. The van der Waals surface area contributed by atoms with Crippen LogP contribution in [0, 0.1) is 29.2 Å². The molecule has 0 bridgehead atoms. The van der Waals surface area contributed by atoms with Crippen molar-refractivity contribution in [2.45, 2.75) is 26.1 Å². The molecule has 0 unspecified atom stereocenters. The van der Waals surface area contributed by atoms with E-state index in [0.717, 1.165) is 18.9 Å². The van der Waals surface area contributed by atoms with Crippen LogP contribution in [-0.2, 0) is 9.47 Å². The van der Waals surface area contributed by atoms with Crippen LogP contribution in [0.5, 0.6) is 0 Å². The van der Waals surface area contributed by atoms with Gasteiger partial charge in [0, 0.05) is 22.6 Å². The fourth-order valence-corrected chi connectivity index (χ4v) is 3.82. The van der Waals surface area contributed by atoms with E-state index >= 15 is 0 Å². The summed E-state index contributed by atoms with van der Waals surface area (Å²) in [7, 11) is 0. The first kappa shape index (κ1) is 21.5. The molecule has 0 N–H and O–H groups in total. The zero-order valence-electron chi connectivity index (χ0n) is 17.0. The van der Waals surface area contributed by atoms with Crippen molar-refractivity contribution < 1.29 is 27.0 Å². The predicted molar refractivity (Wildman–Crippen MR) is 110 cm³/mol. The Balaban J connectivity index is 1.57. The van der Waals surface area contributed by atoms with Crippen LogP contribution in [0.1, 0.15) is 31.6 Å². The highest BCUT2D eigenvalue weighted by molar-refractivity contribution is 5.71. The van der Waals surface area contributed by atoms with Gasteiger partial charge in [-0.15, -0.1) is 0 Å². The summed E-state index contributed by atoms with van der Waals surface area (Å²) in [5.74, 6) is -3.67. The summed E-state index contributed by atoms with van der Waals surface area (Å²) in [5.41, 5.74) is 1.03. The molecule has 0 aliphatic carbocycles. The fraction of sp³-hybridized carbons (Fsp3) is 0.280. The number of benzene rings is 3. The van der Waals surface area contributed by atoms with Crippen molar-refractivity contribution in [1.29, 1.82) is 0 Å². The van der Waals surface area contributed by atoms with Crippen LogP contribution in [0.4, 0.5) is 17.6 Å². The van der Waals surface area contributed by atoms with Crippen LogP contribution in [0.25, 0.3) is 22.3 Å². The number of ether oxygens (including phenoxy) is 2. The third-order valence-electron chi connectivity index (χ3n) is 5.49. The van der Waals surface area contributed by atoms with Gasteiger partial charge in [-0.05, 0) is 23.6 Å². The largest absolute Gasteiger partial charge is 0.348 e. The van der Waals surface area contributed by atoms with Crippen molar-refractivity contribution in [2.24, 2.45) is 5.92 Å². The van der Waals surface area contributed by atoms with Crippen LogP contribution >= 0.6 is 0 Å². The summed E-state index contributed by atoms with van der Waals surface area (Å²) in [4.78, 5) is 0. The standard InChI is InChI=1S/C25H22F4O2/c1-2-4-15-13-30-25(31-14-15)20-12-11-19(23(28)24(20)29)17-9-7-16(8-10-17)18-5-3-6-21(26)22(18)27/h3,5-12,15,25H,2,4,13-14H2,1H3. The van der Waals surface area contributed by atoms with Crippen molar-refractivity contribution >= 4 is 0 Å². The van der Waals surface area contributed by atoms with Crippen molar-refractivity contribution in [2.75, 3.05) is 13.2 Å². The molecule has 31 heavy (non-hydrogen) atoms. The van der Waals surface area contributed by atoms with Gasteiger partial charge in [0.2, 0.25) is 0 Å². The zero-order chi connectivity index (χ0) is 22.0. The third-order valence-corrected chi connectivity index (χ3v) is 5.49. The van der Waals surface area contributed by atoms with E-state index in [4.69, 9.17) is 9.47 Å². The summed E-state index contributed by atoms with van der Waals surface area (Å²) in [6.07, 6.45) is 1.03. The maximum Gasteiger partial charge on any atom is 0.186 e. The molecule has 0 spiro atoms. The van der Waals surface area contributed by atoms with Gasteiger partial charge in [0.05, 0.1) is 13.2 Å². The van der Waals surface area contributed by atoms with E-state index in [1.54, 1.807) is 24.3 Å². The monoisotopic (exact) mass is 430 g/mol. The molecule has 0 radical (unpaired) electrons. The first-order valence-corrected chi connectivity index (χ1v) is 10.3. The lowest BCUT2D eigenvalue weighted by Crippen LogP contribution is -2.27. The van der Waals surface area contributed by atoms with Crippen molar-refractivity contribution in [3.8, 4) is 22.3 Å². The molecule has 3 aromatic rings. The third kappa shape index (κ3) is 4.36. The minimum Gasteiger partial charge on any atom is -0.348 e. The molecule has 0 aromatic heterocycles. The lowest BCUT2D eigenvalue weighted by molar-refractivity contribution is -0.207. The summed E-state index contributed by atoms with van der Waals surface area (Å²) in [6.45, 7) is 2.96. The molecule has 1 heterocycles. The first-order valence-electron chi connectivity index (χ1n) is 10.3. The molecule has 4 rings (SSSR count). The van der Waals surface area contributed by atoms with Crippen molar-refractivity contribution in [3.63, 3.8) is 0 Å². The van der Waals surface area contributed by atoms with Crippen LogP contribution in [0.15, 0.2) is 54.6 Å². The van der Waals surface area contributed by atoms with Gasteiger partial charge in [0.15, 0.2) is 29.6 Å². The number of hydrogen-bond acceptors (Lipinski definition) is 2. The lowest BCUT2D eigenvalue weighted by Gasteiger charge is -2.29. The number of rotatable bonds is 5. The maximum atomic E-state index is 14.8. The molecule has 0 amide bonds. The van der Waals surface area contributed by atoms with E-state index in [2.05, 4.69) is 6.92 Å². The molecule has 6 heteroatoms. The van der Waals surface area contributed by atoms with Gasteiger partial charge >= 0.3 is 0 Å². The van der Waals surface area contributed by atoms with E-state index in [1.807, 2.05) is 0 Å². The summed E-state index contributed by atoms with van der Waals surface area (Å²) in [5, 5.41) is 0. The summed E-state index contributed by atoms with van der Waals surface area (Å²) >= 11 is 0. The molecule has 1 saturated heterocycles. The van der Waals surface area contributed by atoms with Gasteiger partial charge in [-0.2, -0.15) is 0 Å². The van der Waals surface area contributed by atoms with E-state index in [0.29, 0.717) is 24.3 Å². The van der Waals surface area contributed by atoms with Gasteiger partial charge < -0.3 is 9.47 Å². The molecular formula is C25H22F4O2. The minimum atomic E-state index is -1.02. The van der Waals surface area contributed by atoms with Crippen LogP contribution in [-0.4, -0.2) is 13.2 Å². The Bertz CT molecular complexity index is 1060. The molecular weight excluding hydrogens is 408 g/mol. The molecule has 1 aliphatic rings. The highest BCUT2D eigenvalue weighted by Gasteiger charge is 2.27. The van der Waals surface area contributed by atoms with E-state index in [1.165, 1.54) is 24.3 Å². The SMILES string of the molecule is CCCC1COC(c2ccc(-c3ccc(-c4cccc(F)c4F)cc3)c(F)c2F)OC1. The van der Waals surface area contributed by atoms with E-state index < -0.39 is 29.6 Å². The Hall–Kier alpha value is -2.70. The van der Waals surface area contributed by atoms with E-state index in [9.17, 15) is 17.6 Å². The van der Waals surface area contributed by atoms with Gasteiger partial charge in [-0.1, -0.05) is 61.9 Å².